The smallest absolute Gasteiger partial charge is 0.252 e. The van der Waals surface area contributed by atoms with Crippen LogP contribution in [0.25, 0.3) is 10.4 Å². The van der Waals surface area contributed by atoms with Gasteiger partial charge in [-0.25, -0.2) is 13.1 Å². The zero-order chi connectivity index (χ0) is 20.4. The Morgan fingerprint density at radius 2 is 1.97 bits per heavy atom. The normalized spacial score (nSPS) is 13.8. The Morgan fingerprint density at radius 1 is 1.14 bits per heavy atom. The molecule has 0 saturated heterocycles. The minimum Gasteiger partial charge on any atom is -0.347 e. The van der Waals surface area contributed by atoms with Gasteiger partial charge in [-0.2, -0.15) is 0 Å². The average molecular weight is 447 g/mol. The van der Waals surface area contributed by atoms with Crippen LogP contribution in [-0.4, -0.2) is 21.4 Å². The lowest BCUT2D eigenvalue weighted by Gasteiger charge is -2.11. The molecule has 152 valence electrons. The van der Waals surface area contributed by atoms with E-state index in [4.69, 9.17) is 0 Å². The molecule has 0 aliphatic heterocycles. The van der Waals surface area contributed by atoms with E-state index in [1.165, 1.54) is 53.8 Å². The zero-order valence-electron chi connectivity index (χ0n) is 16.0. The first kappa shape index (κ1) is 20.3. The molecule has 0 spiro atoms. The number of benzene rings is 1. The predicted molar refractivity (Wildman–Crippen MR) is 118 cm³/mol. The number of rotatable bonds is 6. The second kappa shape index (κ2) is 8.39. The summed E-state index contributed by atoms with van der Waals surface area (Å²) in [5.41, 5.74) is 2.51. The van der Waals surface area contributed by atoms with Crippen molar-refractivity contribution < 1.29 is 13.2 Å². The topological polar surface area (TPSA) is 75.3 Å². The van der Waals surface area contributed by atoms with E-state index >= 15 is 0 Å². The number of hydrogen-bond acceptors (Lipinski definition) is 5. The predicted octanol–water partition coefficient (Wildman–Crippen LogP) is 4.19. The monoisotopic (exact) mass is 446 g/mol. The minimum absolute atomic E-state index is 0.0806. The van der Waals surface area contributed by atoms with Crippen LogP contribution in [0.1, 0.15) is 38.5 Å². The largest absolute Gasteiger partial charge is 0.347 e. The SMILES string of the molecule is CNS(=O)(=O)c1ccc(-c2cccs2)c(C(=O)NCc2cc3c(s2)CCCC3)c1. The van der Waals surface area contributed by atoms with Crippen LogP contribution < -0.4 is 10.0 Å². The van der Waals surface area contributed by atoms with Crippen LogP contribution in [0.5, 0.6) is 0 Å². The van der Waals surface area contributed by atoms with E-state index in [1.807, 2.05) is 17.5 Å². The number of carbonyl (C=O) groups is 1. The fourth-order valence-electron chi connectivity index (χ4n) is 3.54. The standard InChI is InChI=1S/C21H22N2O3S3/c1-22-29(25,26)16-8-9-17(20-7-4-10-27-20)18(12-16)21(24)23-13-15-11-14-5-2-3-6-19(14)28-15/h4,7-12,22H,2-3,5-6,13H2,1H3,(H,23,24). The van der Waals surface area contributed by atoms with Crippen molar-refractivity contribution in [2.75, 3.05) is 7.05 Å². The molecule has 1 aliphatic rings. The van der Waals surface area contributed by atoms with Crippen LogP contribution in [0.4, 0.5) is 0 Å². The third kappa shape index (κ3) is 4.30. The maximum Gasteiger partial charge on any atom is 0.252 e. The molecule has 5 nitrogen and oxygen atoms in total. The van der Waals surface area contributed by atoms with Crippen molar-refractivity contribution in [1.82, 2.24) is 10.0 Å². The Hall–Kier alpha value is -2.00. The van der Waals surface area contributed by atoms with Crippen molar-refractivity contribution in [3.05, 3.63) is 62.7 Å². The van der Waals surface area contributed by atoms with Crippen molar-refractivity contribution in [2.24, 2.45) is 0 Å². The van der Waals surface area contributed by atoms with Crippen LogP contribution in [0.2, 0.25) is 0 Å². The summed E-state index contributed by atoms with van der Waals surface area (Å²) >= 11 is 3.28. The number of thiophene rings is 2. The molecular weight excluding hydrogens is 424 g/mol. The van der Waals surface area contributed by atoms with E-state index in [2.05, 4.69) is 16.1 Å². The van der Waals surface area contributed by atoms with E-state index in [0.29, 0.717) is 12.1 Å². The van der Waals surface area contributed by atoms with Gasteiger partial charge in [-0.1, -0.05) is 12.1 Å². The first-order valence-electron chi connectivity index (χ1n) is 9.48. The van der Waals surface area contributed by atoms with E-state index in [9.17, 15) is 13.2 Å². The first-order chi connectivity index (χ1) is 14.0. The summed E-state index contributed by atoms with van der Waals surface area (Å²) in [6.45, 7) is 0.448. The number of fused-ring (bicyclic) bond motifs is 1. The van der Waals surface area contributed by atoms with Crippen LogP contribution in [-0.2, 0) is 29.4 Å². The maximum atomic E-state index is 13.0. The van der Waals surface area contributed by atoms with Crippen molar-refractivity contribution >= 4 is 38.6 Å². The highest BCUT2D eigenvalue weighted by Gasteiger charge is 2.20. The zero-order valence-corrected chi connectivity index (χ0v) is 18.5. The molecule has 0 unspecified atom stereocenters. The number of nitrogens with one attached hydrogen (secondary N) is 2. The summed E-state index contributed by atoms with van der Waals surface area (Å²) in [5, 5.41) is 4.92. The van der Waals surface area contributed by atoms with Crippen molar-refractivity contribution in [3.63, 3.8) is 0 Å². The third-order valence-electron chi connectivity index (χ3n) is 5.07. The van der Waals surface area contributed by atoms with E-state index in [0.717, 1.165) is 28.2 Å². The summed E-state index contributed by atoms with van der Waals surface area (Å²) in [5.74, 6) is -0.270. The van der Waals surface area contributed by atoms with Crippen molar-refractivity contribution in [3.8, 4) is 10.4 Å². The van der Waals surface area contributed by atoms with Crippen molar-refractivity contribution in [2.45, 2.75) is 37.1 Å². The van der Waals surface area contributed by atoms with Crippen LogP contribution >= 0.6 is 22.7 Å². The van der Waals surface area contributed by atoms with Crippen LogP contribution in [0.15, 0.2) is 46.7 Å². The second-order valence-electron chi connectivity index (χ2n) is 6.94. The van der Waals surface area contributed by atoms with E-state index in [-0.39, 0.29) is 10.8 Å². The van der Waals surface area contributed by atoms with Crippen molar-refractivity contribution in [1.29, 1.82) is 0 Å². The molecule has 29 heavy (non-hydrogen) atoms. The number of sulfonamides is 1. The summed E-state index contributed by atoms with van der Waals surface area (Å²) in [6.07, 6.45) is 4.70. The highest BCUT2D eigenvalue weighted by molar-refractivity contribution is 7.89. The molecule has 0 bridgehead atoms. The molecule has 2 N–H and O–H groups in total. The molecule has 1 aromatic carbocycles. The van der Waals surface area contributed by atoms with Crippen LogP contribution in [0, 0.1) is 0 Å². The molecule has 0 fully saturated rings. The Kier molecular flexibility index (Phi) is 5.87. The lowest BCUT2D eigenvalue weighted by atomic mass is 9.99. The van der Waals surface area contributed by atoms with E-state index in [1.54, 1.807) is 17.4 Å². The molecule has 1 amide bonds. The maximum absolute atomic E-state index is 13.0. The molecule has 0 radical (unpaired) electrons. The van der Waals surface area contributed by atoms with Crippen LogP contribution in [0.3, 0.4) is 0 Å². The number of amides is 1. The van der Waals surface area contributed by atoms with Gasteiger partial charge in [0.25, 0.3) is 5.91 Å². The molecule has 3 aromatic rings. The highest BCUT2D eigenvalue weighted by Crippen LogP contribution is 2.31. The number of hydrogen-bond donors (Lipinski definition) is 2. The fourth-order valence-corrected chi connectivity index (χ4v) is 6.27. The third-order valence-corrected chi connectivity index (χ3v) is 8.62. The molecule has 8 heteroatoms. The summed E-state index contributed by atoms with van der Waals surface area (Å²) in [6, 6.07) is 10.7. The van der Waals surface area contributed by atoms with E-state index < -0.39 is 10.0 Å². The summed E-state index contributed by atoms with van der Waals surface area (Å²) in [7, 11) is -2.27. The summed E-state index contributed by atoms with van der Waals surface area (Å²) < 4.78 is 26.8. The highest BCUT2D eigenvalue weighted by atomic mass is 32.2. The molecular formula is C21H22N2O3S3. The molecule has 1 aliphatic carbocycles. The molecule has 2 heterocycles. The fraction of sp³-hybridized carbons (Fsp3) is 0.286. The van der Waals surface area contributed by atoms with Gasteiger partial charge in [0.15, 0.2) is 0 Å². The van der Waals surface area contributed by atoms with Gasteiger partial charge >= 0.3 is 0 Å². The lowest BCUT2D eigenvalue weighted by molar-refractivity contribution is 0.0951. The summed E-state index contributed by atoms with van der Waals surface area (Å²) in [4.78, 5) is 16.6. The Morgan fingerprint density at radius 3 is 2.69 bits per heavy atom. The number of carbonyl (C=O) groups excluding carboxylic acids is 1. The Bertz CT molecular complexity index is 1110. The molecule has 2 aromatic heterocycles. The first-order valence-corrected chi connectivity index (χ1v) is 12.7. The Balaban J connectivity index is 1.61. The Labute approximate surface area is 178 Å². The molecule has 0 atom stereocenters. The van der Waals surface area contributed by atoms with Gasteiger partial charge in [0.05, 0.1) is 11.4 Å². The van der Waals surface area contributed by atoms with Gasteiger partial charge in [-0.05, 0) is 67.9 Å². The molecule has 4 rings (SSSR count). The molecule has 0 saturated carbocycles. The minimum atomic E-state index is -3.63. The van der Waals surface area contributed by atoms with Gasteiger partial charge in [0.2, 0.25) is 10.0 Å². The number of aryl methyl sites for hydroxylation is 2. The lowest BCUT2D eigenvalue weighted by Crippen LogP contribution is -2.24. The van der Waals surface area contributed by atoms with Gasteiger partial charge in [-0.15, -0.1) is 22.7 Å². The average Bonchev–Trinajstić information content (AvgIpc) is 3.41. The quantitative estimate of drug-likeness (QED) is 0.596. The van der Waals surface area contributed by atoms with Gasteiger partial charge in [0.1, 0.15) is 0 Å². The van der Waals surface area contributed by atoms with Gasteiger partial charge in [0, 0.05) is 25.8 Å². The second-order valence-corrected chi connectivity index (χ2v) is 11.0. The van der Waals surface area contributed by atoms with Gasteiger partial charge < -0.3 is 5.32 Å². The van der Waals surface area contributed by atoms with Gasteiger partial charge in [-0.3, -0.25) is 4.79 Å².